The lowest BCUT2D eigenvalue weighted by molar-refractivity contribution is 0.627. The Labute approximate surface area is 105 Å². The number of hydrogen-bond acceptors (Lipinski definition) is 3. The van der Waals surface area contributed by atoms with Crippen molar-refractivity contribution in [2.75, 3.05) is 11.9 Å². The van der Waals surface area contributed by atoms with Crippen molar-refractivity contribution in [3.05, 3.63) is 59.5 Å². The summed E-state index contributed by atoms with van der Waals surface area (Å²) in [5, 5.41) is 11.8. The van der Waals surface area contributed by atoms with E-state index in [9.17, 15) is 4.39 Å². The maximum Gasteiger partial charge on any atom is 0.142 e. The number of nitrogens with zero attached hydrogens (tertiary/aromatic N) is 2. The highest BCUT2D eigenvalue weighted by Crippen LogP contribution is 2.06. The van der Waals surface area contributed by atoms with Crippen molar-refractivity contribution in [3.63, 3.8) is 0 Å². The molecule has 0 bridgehead atoms. The summed E-state index contributed by atoms with van der Waals surface area (Å²) in [6.45, 7) is 0.688. The molecule has 0 spiro atoms. The van der Waals surface area contributed by atoms with E-state index in [4.69, 9.17) is 5.26 Å². The molecule has 4 heteroatoms. The molecule has 1 aromatic heterocycles. The summed E-state index contributed by atoms with van der Waals surface area (Å²) in [6, 6.07) is 13.7. The van der Waals surface area contributed by atoms with Crippen molar-refractivity contribution in [1.82, 2.24) is 4.98 Å². The first-order valence-corrected chi connectivity index (χ1v) is 5.63. The van der Waals surface area contributed by atoms with Crippen molar-refractivity contribution in [3.8, 4) is 6.07 Å². The summed E-state index contributed by atoms with van der Waals surface area (Å²) in [4.78, 5) is 4.10. The molecular formula is C14H12FN3. The molecule has 0 unspecified atom stereocenters. The summed E-state index contributed by atoms with van der Waals surface area (Å²) < 4.78 is 12.7. The summed E-state index contributed by atoms with van der Waals surface area (Å²) >= 11 is 0. The Balaban J connectivity index is 1.88. The van der Waals surface area contributed by atoms with E-state index in [0.717, 1.165) is 12.0 Å². The van der Waals surface area contributed by atoms with E-state index in [0.29, 0.717) is 18.1 Å². The first-order chi connectivity index (χ1) is 8.78. The molecule has 2 aromatic rings. The lowest BCUT2D eigenvalue weighted by Gasteiger charge is -2.05. The van der Waals surface area contributed by atoms with Crippen LogP contribution in [0.2, 0.25) is 0 Å². The van der Waals surface area contributed by atoms with E-state index in [2.05, 4.69) is 10.3 Å². The Morgan fingerprint density at radius 3 is 2.67 bits per heavy atom. The van der Waals surface area contributed by atoms with Gasteiger partial charge in [0.2, 0.25) is 0 Å². The Kier molecular flexibility index (Phi) is 3.87. The van der Waals surface area contributed by atoms with Gasteiger partial charge >= 0.3 is 0 Å². The van der Waals surface area contributed by atoms with Gasteiger partial charge < -0.3 is 5.32 Å². The van der Waals surface area contributed by atoms with E-state index in [-0.39, 0.29) is 5.82 Å². The first kappa shape index (κ1) is 12.1. The fourth-order valence-corrected chi connectivity index (χ4v) is 1.58. The second-order valence-electron chi connectivity index (χ2n) is 3.82. The zero-order valence-corrected chi connectivity index (χ0v) is 9.73. The maximum absolute atomic E-state index is 12.7. The number of benzene rings is 1. The van der Waals surface area contributed by atoms with Crippen molar-refractivity contribution < 1.29 is 4.39 Å². The topological polar surface area (TPSA) is 48.7 Å². The zero-order chi connectivity index (χ0) is 12.8. The monoisotopic (exact) mass is 241 g/mol. The van der Waals surface area contributed by atoms with Gasteiger partial charge in [-0.3, -0.25) is 0 Å². The third-order valence-corrected chi connectivity index (χ3v) is 2.50. The van der Waals surface area contributed by atoms with Crippen LogP contribution >= 0.6 is 0 Å². The maximum atomic E-state index is 12.7. The van der Waals surface area contributed by atoms with Crippen LogP contribution in [-0.4, -0.2) is 11.5 Å². The molecule has 0 aliphatic rings. The van der Waals surface area contributed by atoms with E-state index in [1.807, 2.05) is 12.1 Å². The van der Waals surface area contributed by atoms with Gasteiger partial charge in [0, 0.05) is 6.54 Å². The van der Waals surface area contributed by atoms with Gasteiger partial charge in [-0.05, 0) is 36.2 Å². The van der Waals surface area contributed by atoms with E-state index in [1.165, 1.54) is 12.1 Å². The van der Waals surface area contributed by atoms with E-state index in [1.54, 1.807) is 24.3 Å². The number of nitrogens with one attached hydrogen (secondary N) is 1. The molecule has 1 heterocycles. The van der Waals surface area contributed by atoms with Crippen molar-refractivity contribution >= 4 is 5.82 Å². The molecule has 0 amide bonds. The molecule has 1 aromatic carbocycles. The normalized spacial score (nSPS) is 9.78. The average Bonchev–Trinajstić information content (AvgIpc) is 2.41. The van der Waals surface area contributed by atoms with Gasteiger partial charge in [-0.1, -0.05) is 18.2 Å². The van der Waals surface area contributed by atoms with Crippen LogP contribution in [-0.2, 0) is 6.42 Å². The number of halogens is 1. The summed E-state index contributed by atoms with van der Waals surface area (Å²) in [5.74, 6) is 0.450. The zero-order valence-electron chi connectivity index (χ0n) is 9.73. The molecule has 18 heavy (non-hydrogen) atoms. The van der Waals surface area contributed by atoms with Crippen molar-refractivity contribution in [2.24, 2.45) is 0 Å². The van der Waals surface area contributed by atoms with Gasteiger partial charge in [0.25, 0.3) is 0 Å². The fraction of sp³-hybridized carbons (Fsp3) is 0.143. The van der Waals surface area contributed by atoms with Gasteiger partial charge in [0.15, 0.2) is 0 Å². The van der Waals surface area contributed by atoms with Gasteiger partial charge in [-0.25, -0.2) is 9.37 Å². The molecule has 0 aliphatic heterocycles. The molecule has 0 radical (unpaired) electrons. The molecule has 1 N–H and O–H groups in total. The van der Waals surface area contributed by atoms with Crippen LogP contribution in [0, 0.1) is 17.1 Å². The third-order valence-electron chi connectivity index (χ3n) is 2.50. The molecule has 0 fully saturated rings. The molecule has 2 rings (SSSR count). The molecule has 0 saturated heterocycles. The minimum Gasteiger partial charge on any atom is -0.370 e. The number of anilines is 1. The minimum atomic E-state index is -0.227. The Morgan fingerprint density at radius 1 is 1.17 bits per heavy atom. The lowest BCUT2D eigenvalue weighted by atomic mass is 10.1. The second-order valence-corrected chi connectivity index (χ2v) is 3.82. The van der Waals surface area contributed by atoms with Gasteiger partial charge in [0.05, 0.1) is 0 Å². The number of nitriles is 1. The van der Waals surface area contributed by atoms with Crippen LogP contribution in [0.3, 0.4) is 0 Å². The largest absolute Gasteiger partial charge is 0.370 e. The standard InChI is InChI=1S/C14H12FN3/c15-12-6-4-11(5-7-12)8-9-17-14-3-1-2-13(10-16)18-14/h1-7H,8-9H2,(H,17,18). The van der Waals surface area contributed by atoms with Crippen LogP contribution in [0.15, 0.2) is 42.5 Å². The predicted octanol–water partition coefficient (Wildman–Crippen LogP) is 2.75. The van der Waals surface area contributed by atoms with Crippen LogP contribution in [0.4, 0.5) is 10.2 Å². The highest BCUT2D eigenvalue weighted by Gasteiger charge is 1.97. The summed E-state index contributed by atoms with van der Waals surface area (Å²) in [6.07, 6.45) is 0.777. The summed E-state index contributed by atoms with van der Waals surface area (Å²) in [7, 11) is 0. The molecule has 0 saturated carbocycles. The summed E-state index contributed by atoms with van der Waals surface area (Å²) in [5.41, 5.74) is 1.45. The smallest absolute Gasteiger partial charge is 0.142 e. The van der Waals surface area contributed by atoms with E-state index < -0.39 is 0 Å². The Morgan fingerprint density at radius 2 is 1.94 bits per heavy atom. The number of aromatic nitrogens is 1. The number of pyridine rings is 1. The van der Waals surface area contributed by atoms with Gasteiger partial charge in [0.1, 0.15) is 23.4 Å². The molecule has 0 atom stereocenters. The van der Waals surface area contributed by atoms with Crippen molar-refractivity contribution in [1.29, 1.82) is 5.26 Å². The Hall–Kier alpha value is -2.41. The second kappa shape index (κ2) is 5.78. The van der Waals surface area contributed by atoms with Gasteiger partial charge in [-0.2, -0.15) is 5.26 Å². The predicted molar refractivity (Wildman–Crippen MR) is 67.5 cm³/mol. The Bertz CT molecular complexity index is 558. The minimum absolute atomic E-state index is 0.227. The van der Waals surface area contributed by atoms with Crippen molar-refractivity contribution in [2.45, 2.75) is 6.42 Å². The number of hydrogen-bond donors (Lipinski definition) is 1. The number of rotatable bonds is 4. The molecule has 90 valence electrons. The average molecular weight is 241 g/mol. The first-order valence-electron chi connectivity index (χ1n) is 5.63. The quantitative estimate of drug-likeness (QED) is 0.895. The SMILES string of the molecule is N#Cc1cccc(NCCc2ccc(F)cc2)n1. The van der Waals surface area contributed by atoms with E-state index >= 15 is 0 Å². The van der Waals surface area contributed by atoms with Crippen LogP contribution < -0.4 is 5.32 Å². The van der Waals surface area contributed by atoms with Crippen LogP contribution in [0.25, 0.3) is 0 Å². The molecular weight excluding hydrogens is 229 g/mol. The lowest BCUT2D eigenvalue weighted by Crippen LogP contribution is -2.06. The fourth-order valence-electron chi connectivity index (χ4n) is 1.58. The van der Waals surface area contributed by atoms with Crippen LogP contribution in [0.1, 0.15) is 11.3 Å². The molecule has 3 nitrogen and oxygen atoms in total. The third kappa shape index (κ3) is 3.29. The highest BCUT2D eigenvalue weighted by atomic mass is 19.1. The van der Waals surface area contributed by atoms with Crippen LogP contribution in [0.5, 0.6) is 0 Å². The van der Waals surface area contributed by atoms with Gasteiger partial charge in [-0.15, -0.1) is 0 Å². The highest BCUT2D eigenvalue weighted by molar-refractivity contribution is 5.38. The molecule has 0 aliphatic carbocycles.